The number of carbonyl (C=O) groups is 2. The summed E-state index contributed by atoms with van der Waals surface area (Å²) in [5.41, 5.74) is 0.983. The van der Waals surface area contributed by atoms with Gasteiger partial charge in [0.05, 0.1) is 24.2 Å². The Morgan fingerprint density at radius 1 is 1.52 bits per heavy atom. The number of morpholine rings is 1. The molecule has 1 saturated heterocycles. The van der Waals surface area contributed by atoms with E-state index in [0.717, 1.165) is 5.56 Å². The van der Waals surface area contributed by atoms with Crippen molar-refractivity contribution in [1.82, 2.24) is 4.90 Å². The van der Waals surface area contributed by atoms with E-state index in [-0.39, 0.29) is 18.9 Å². The Labute approximate surface area is 139 Å². The zero-order valence-electron chi connectivity index (χ0n) is 13.1. The molecule has 1 N–H and O–H groups in total. The summed E-state index contributed by atoms with van der Waals surface area (Å²) < 4.78 is 11.0. The predicted octanol–water partition coefficient (Wildman–Crippen LogP) is 2.12. The molecule has 1 aliphatic heterocycles. The van der Waals surface area contributed by atoms with Crippen LogP contribution in [0.3, 0.4) is 0 Å². The van der Waals surface area contributed by atoms with E-state index < -0.39 is 18.2 Å². The first kappa shape index (κ1) is 17.6. The molecular formula is C16H20ClNO5. The smallest absolute Gasteiger partial charge is 0.306 e. The summed E-state index contributed by atoms with van der Waals surface area (Å²) in [4.78, 5) is 24.8. The number of carboxylic acids is 1. The fourth-order valence-electron chi connectivity index (χ4n) is 2.44. The van der Waals surface area contributed by atoms with Gasteiger partial charge in [-0.05, 0) is 31.5 Å². The van der Waals surface area contributed by atoms with E-state index in [1.54, 1.807) is 24.0 Å². The quantitative estimate of drug-likeness (QED) is 0.887. The van der Waals surface area contributed by atoms with Crippen LogP contribution in [0.5, 0.6) is 5.75 Å². The third kappa shape index (κ3) is 4.84. The molecule has 0 radical (unpaired) electrons. The highest BCUT2D eigenvalue weighted by molar-refractivity contribution is 6.32. The third-order valence-electron chi connectivity index (χ3n) is 3.59. The highest BCUT2D eigenvalue weighted by Gasteiger charge is 2.29. The SMILES string of the molecule is Cc1ccc(Cl)c(O[C@H](C)C(=O)N2CCO[C@@H](CC(=O)O)C2)c1. The number of rotatable bonds is 5. The van der Waals surface area contributed by atoms with Crippen molar-refractivity contribution in [2.24, 2.45) is 0 Å². The summed E-state index contributed by atoms with van der Waals surface area (Å²) in [6.07, 6.45) is -1.32. The number of hydrogen-bond acceptors (Lipinski definition) is 4. The normalized spacial score (nSPS) is 19.3. The Balaban J connectivity index is 1.98. The number of carboxylic acid groups (broad SMARTS) is 1. The molecule has 0 unspecified atom stereocenters. The first-order valence-corrected chi connectivity index (χ1v) is 7.79. The second-order valence-corrected chi connectivity index (χ2v) is 5.98. The molecule has 0 aliphatic carbocycles. The summed E-state index contributed by atoms with van der Waals surface area (Å²) in [7, 11) is 0. The predicted molar refractivity (Wildman–Crippen MR) is 84.9 cm³/mol. The van der Waals surface area contributed by atoms with Crippen LogP contribution in [-0.4, -0.2) is 53.8 Å². The molecule has 0 aromatic heterocycles. The van der Waals surface area contributed by atoms with Crippen LogP contribution in [-0.2, 0) is 14.3 Å². The zero-order chi connectivity index (χ0) is 17.0. The molecule has 7 heteroatoms. The lowest BCUT2D eigenvalue weighted by atomic mass is 10.2. The minimum Gasteiger partial charge on any atom is -0.481 e. The minimum absolute atomic E-state index is 0.122. The monoisotopic (exact) mass is 341 g/mol. The van der Waals surface area contributed by atoms with Crippen molar-refractivity contribution in [3.8, 4) is 5.75 Å². The van der Waals surface area contributed by atoms with Gasteiger partial charge in [0.1, 0.15) is 5.75 Å². The molecule has 1 aromatic carbocycles. The molecular weight excluding hydrogens is 322 g/mol. The third-order valence-corrected chi connectivity index (χ3v) is 3.90. The second-order valence-electron chi connectivity index (χ2n) is 5.57. The van der Waals surface area contributed by atoms with Gasteiger partial charge in [0.2, 0.25) is 0 Å². The fourth-order valence-corrected chi connectivity index (χ4v) is 2.60. The largest absolute Gasteiger partial charge is 0.481 e. The Bertz CT molecular complexity index is 592. The Hall–Kier alpha value is -1.79. The number of ether oxygens (including phenoxy) is 2. The Morgan fingerprint density at radius 3 is 2.96 bits per heavy atom. The second kappa shape index (κ2) is 7.66. The number of carbonyl (C=O) groups excluding carboxylic acids is 1. The molecule has 1 fully saturated rings. The van der Waals surface area contributed by atoms with Gasteiger partial charge in [-0.2, -0.15) is 0 Å². The molecule has 6 nitrogen and oxygen atoms in total. The number of nitrogens with zero attached hydrogens (tertiary/aromatic N) is 1. The molecule has 2 atom stereocenters. The molecule has 0 spiro atoms. The minimum atomic E-state index is -0.944. The molecule has 2 rings (SSSR count). The number of halogens is 1. The molecule has 0 bridgehead atoms. The average Bonchev–Trinajstić information content (AvgIpc) is 2.49. The van der Waals surface area contributed by atoms with Crippen LogP contribution >= 0.6 is 11.6 Å². The number of amides is 1. The van der Waals surface area contributed by atoms with E-state index >= 15 is 0 Å². The molecule has 1 aliphatic rings. The van der Waals surface area contributed by atoms with Crippen molar-refractivity contribution >= 4 is 23.5 Å². The highest BCUT2D eigenvalue weighted by atomic mass is 35.5. The first-order valence-electron chi connectivity index (χ1n) is 7.42. The topological polar surface area (TPSA) is 76.1 Å². The summed E-state index contributed by atoms with van der Waals surface area (Å²) in [5, 5.41) is 9.27. The maximum Gasteiger partial charge on any atom is 0.306 e. The summed E-state index contributed by atoms with van der Waals surface area (Å²) in [6.45, 7) is 4.56. The van der Waals surface area contributed by atoms with Crippen molar-refractivity contribution in [1.29, 1.82) is 0 Å². The van der Waals surface area contributed by atoms with Gasteiger partial charge in [-0.15, -0.1) is 0 Å². The molecule has 23 heavy (non-hydrogen) atoms. The van der Waals surface area contributed by atoms with Gasteiger partial charge in [0.15, 0.2) is 6.10 Å². The van der Waals surface area contributed by atoms with Crippen molar-refractivity contribution in [3.05, 3.63) is 28.8 Å². The number of aryl methyl sites for hydroxylation is 1. The standard InChI is InChI=1S/C16H20ClNO5/c1-10-3-4-13(17)14(7-10)23-11(2)16(21)18-5-6-22-12(9-18)8-15(19)20/h3-4,7,11-12H,5-6,8-9H2,1-2H3,(H,19,20)/t11-,12+/m1/s1. The van der Waals surface area contributed by atoms with E-state index in [4.69, 9.17) is 26.2 Å². The van der Waals surface area contributed by atoms with Crippen LogP contribution in [0.1, 0.15) is 18.9 Å². The maximum atomic E-state index is 12.5. The van der Waals surface area contributed by atoms with Crippen molar-refractivity contribution in [2.75, 3.05) is 19.7 Å². The van der Waals surface area contributed by atoms with Crippen LogP contribution < -0.4 is 4.74 Å². The zero-order valence-corrected chi connectivity index (χ0v) is 13.9. The molecule has 126 valence electrons. The highest BCUT2D eigenvalue weighted by Crippen LogP contribution is 2.26. The van der Waals surface area contributed by atoms with E-state index in [0.29, 0.717) is 23.9 Å². The van der Waals surface area contributed by atoms with Gasteiger partial charge in [-0.1, -0.05) is 17.7 Å². The lowest BCUT2D eigenvalue weighted by molar-refractivity contribution is -0.151. The Kier molecular flexibility index (Phi) is 5.85. The number of benzene rings is 1. The Morgan fingerprint density at radius 2 is 2.26 bits per heavy atom. The number of hydrogen-bond donors (Lipinski definition) is 1. The van der Waals surface area contributed by atoms with Crippen molar-refractivity contribution < 1.29 is 24.2 Å². The summed E-state index contributed by atoms with van der Waals surface area (Å²) in [6, 6.07) is 5.36. The van der Waals surface area contributed by atoms with E-state index in [1.807, 2.05) is 13.0 Å². The van der Waals surface area contributed by atoms with Gasteiger partial charge >= 0.3 is 5.97 Å². The number of aliphatic carboxylic acids is 1. The van der Waals surface area contributed by atoms with Crippen LogP contribution in [0.25, 0.3) is 0 Å². The van der Waals surface area contributed by atoms with Crippen molar-refractivity contribution in [3.63, 3.8) is 0 Å². The molecule has 0 saturated carbocycles. The lowest BCUT2D eigenvalue weighted by Crippen LogP contribution is -2.50. The van der Waals surface area contributed by atoms with E-state index in [2.05, 4.69) is 0 Å². The van der Waals surface area contributed by atoms with Crippen LogP contribution in [0.15, 0.2) is 18.2 Å². The molecule has 1 amide bonds. The average molecular weight is 342 g/mol. The summed E-state index contributed by atoms with van der Waals surface area (Å²) in [5.74, 6) is -0.690. The van der Waals surface area contributed by atoms with E-state index in [1.165, 1.54) is 0 Å². The first-order chi connectivity index (χ1) is 10.9. The molecule has 1 heterocycles. The van der Waals surface area contributed by atoms with Gasteiger partial charge in [0, 0.05) is 13.1 Å². The van der Waals surface area contributed by atoms with Crippen molar-refractivity contribution in [2.45, 2.75) is 32.5 Å². The van der Waals surface area contributed by atoms with Crippen LogP contribution in [0.2, 0.25) is 5.02 Å². The maximum absolute atomic E-state index is 12.5. The van der Waals surface area contributed by atoms with Crippen LogP contribution in [0, 0.1) is 6.92 Å². The molecule has 1 aromatic rings. The fraction of sp³-hybridized carbons (Fsp3) is 0.500. The van der Waals surface area contributed by atoms with Crippen LogP contribution in [0.4, 0.5) is 0 Å². The van der Waals surface area contributed by atoms with Gasteiger partial charge in [-0.3, -0.25) is 9.59 Å². The van der Waals surface area contributed by atoms with Gasteiger partial charge in [0.25, 0.3) is 5.91 Å². The lowest BCUT2D eigenvalue weighted by Gasteiger charge is -2.33. The summed E-state index contributed by atoms with van der Waals surface area (Å²) >= 11 is 6.08. The van der Waals surface area contributed by atoms with Gasteiger partial charge < -0.3 is 19.5 Å². The van der Waals surface area contributed by atoms with Gasteiger partial charge in [-0.25, -0.2) is 0 Å². The van der Waals surface area contributed by atoms with E-state index in [9.17, 15) is 9.59 Å².